The number of hydrogen-bond acceptors (Lipinski definition) is 5. The molecule has 4 aromatic carbocycles. The van der Waals surface area contributed by atoms with Crippen LogP contribution in [0.5, 0.6) is 17.2 Å². The summed E-state index contributed by atoms with van der Waals surface area (Å²) in [6.45, 7) is 0. The van der Waals surface area contributed by atoms with Crippen molar-refractivity contribution in [3.8, 4) is 28.4 Å². The number of hydrogen-bond donors (Lipinski definition) is 1. The van der Waals surface area contributed by atoms with E-state index < -0.39 is 12.0 Å². The summed E-state index contributed by atoms with van der Waals surface area (Å²) in [5.74, 6) is 0.334. The van der Waals surface area contributed by atoms with Crippen LogP contribution in [0.3, 0.4) is 0 Å². The van der Waals surface area contributed by atoms with Crippen molar-refractivity contribution >= 4 is 11.6 Å². The number of ether oxygens (including phenoxy) is 3. The molecule has 1 N–H and O–H groups in total. The summed E-state index contributed by atoms with van der Waals surface area (Å²) in [6, 6.07) is 22.8. The van der Waals surface area contributed by atoms with Crippen molar-refractivity contribution in [2.24, 2.45) is 5.92 Å². The molecule has 8 heteroatoms. The molecule has 0 bridgehead atoms. The van der Waals surface area contributed by atoms with Crippen LogP contribution in [0, 0.1) is 17.6 Å². The predicted octanol–water partition coefficient (Wildman–Crippen LogP) is 6.88. The molecule has 1 saturated heterocycles. The monoisotopic (exact) mass is 559 g/mol. The maximum atomic E-state index is 13.6. The van der Waals surface area contributed by atoms with Crippen molar-refractivity contribution in [2.45, 2.75) is 25.0 Å². The lowest BCUT2D eigenvalue weighted by molar-refractivity contribution is -0.131. The Kier molecular flexibility index (Phi) is 8.21. The standard InChI is InChI=1S/C33H31F2NO5/c1-39-29-19-17-26(31(40-2)32(29)41-3)20-4-6-22(7-5-20)30-27(16-18-28(37)21-8-10-23(34)11-9-21)33(38)36(30)25-14-12-24(35)13-15-25/h4-15,17,19,27-28,30,37H,16,18H2,1-3H3/t27-,28+,30-/m1/s1. The van der Waals surface area contributed by atoms with Gasteiger partial charge in [-0.1, -0.05) is 36.4 Å². The van der Waals surface area contributed by atoms with Crippen molar-refractivity contribution in [2.75, 3.05) is 26.2 Å². The van der Waals surface area contributed by atoms with Gasteiger partial charge < -0.3 is 24.2 Å². The Morgan fingerprint density at radius 2 is 1.39 bits per heavy atom. The van der Waals surface area contributed by atoms with Crippen LogP contribution in [-0.2, 0) is 4.79 Å². The van der Waals surface area contributed by atoms with Crippen LogP contribution in [0.4, 0.5) is 14.5 Å². The van der Waals surface area contributed by atoms with E-state index >= 15 is 0 Å². The fraction of sp³-hybridized carbons (Fsp3) is 0.242. The Hall–Kier alpha value is -4.43. The fourth-order valence-electron chi connectivity index (χ4n) is 5.48. The zero-order valence-corrected chi connectivity index (χ0v) is 23.0. The second kappa shape index (κ2) is 12.0. The number of aliphatic hydroxyl groups excluding tert-OH is 1. The smallest absolute Gasteiger partial charge is 0.233 e. The van der Waals surface area contributed by atoms with Crippen LogP contribution < -0.4 is 19.1 Å². The molecule has 5 rings (SSSR count). The summed E-state index contributed by atoms with van der Waals surface area (Å²) in [5.41, 5.74) is 3.80. The lowest BCUT2D eigenvalue weighted by atomic mass is 9.78. The zero-order valence-electron chi connectivity index (χ0n) is 23.0. The number of nitrogens with zero attached hydrogens (tertiary/aromatic N) is 1. The van der Waals surface area contributed by atoms with E-state index in [1.807, 2.05) is 36.4 Å². The van der Waals surface area contributed by atoms with Gasteiger partial charge in [-0.2, -0.15) is 0 Å². The van der Waals surface area contributed by atoms with Crippen molar-refractivity contribution < 1.29 is 32.9 Å². The minimum atomic E-state index is -0.830. The van der Waals surface area contributed by atoms with Crippen LogP contribution in [0.15, 0.2) is 84.9 Å². The number of rotatable bonds is 10. The molecule has 41 heavy (non-hydrogen) atoms. The first-order chi connectivity index (χ1) is 19.9. The van der Waals surface area contributed by atoms with Crippen molar-refractivity contribution in [1.82, 2.24) is 0 Å². The van der Waals surface area contributed by atoms with Gasteiger partial charge in [0.05, 0.1) is 39.4 Å². The van der Waals surface area contributed by atoms with E-state index in [1.54, 1.807) is 50.5 Å². The summed E-state index contributed by atoms with van der Waals surface area (Å²) >= 11 is 0. The van der Waals surface area contributed by atoms with Gasteiger partial charge in [-0.25, -0.2) is 8.78 Å². The highest BCUT2D eigenvalue weighted by atomic mass is 19.1. The minimum Gasteiger partial charge on any atom is -0.493 e. The second-order valence-electron chi connectivity index (χ2n) is 9.88. The van der Waals surface area contributed by atoms with Crippen molar-refractivity contribution in [3.05, 3.63) is 108 Å². The van der Waals surface area contributed by atoms with Gasteiger partial charge in [0, 0.05) is 11.3 Å². The number of methoxy groups -OCH3 is 3. The number of carbonyl (C=O) groups is 1. The molecule has 0 aliphatic carbocycles. The van der Waals surface area contributed by atoms with E-state index in [1.165, 1.54) is 24.3 Å². The first kappa shape index (κ1) is 28.1. The third-order valence-electron chi connectivity index (χ3n) is 7.59. The Labute approximate surface area is 237 Å². The second-order valence-corrected chi connectivity index (χ2v) is 9.88. The predicted molar refractivity (Wildman–Crippen MR) is 152 cm³/mol. The summed E-state index contributed by atoms with van der Waals surface area (Å²) < 4.78 is 43.6. The summed E-state index contributed by atoms with van der Waals surface area (Å²) in [5, 5.41) is 10.7. The van der Waals surface area contributed by atoms with Crippen LogP contribution in [0.1, 0.15) is 36.1 Å². The highest BCUT2D eigenvalue weighted by Gasteiger charge is 2.48. The zero-order chi connectivity index (χ0) is 29.1. The van der Waals surface area contributed by atoms with Gasteiger partial charge in [0.25, 0.3) is 0 Å². The van der Waals surface area contributed by atoms with Crippen molar-refractivity contribution in [3.63, 3.8) is 0 Å². The molecular weight excluding hydrogens is 528 g/mol. The average Bonchev–Trinajstić information content (AvgIpc) is 3.00. The lowest BCUT2D eigenvalue weighted by Gasteiger charge is -2.48. The largest absolute Gasteiger partial charge is 0.493 e. The van der Waals surface area contributed by atoms with Gasteiger partial charge >= 0.3 is 0 Å². The molecule has 0 unspecified atom stereocenters. The molecular formula is C33H31F2NO5. The number of halogens is 2. The molecule has 1 aliphatic heterocycles. The third kappa shape index (κ3) is 5.47. The van der Waals surface area contributed by atoms with E-state index in [2.05, 4.69) is 0 Å². The quantitative estimate of drug-likeness (QED) is 0.215. The number of amides is 1. The molecule has 0 radical (unpaired) electrons. The molecule has 1 aliphatic rings. The summed E-state index contributed by atoms with van der Waals surface area (Å²) in [4.78, 5) is 15.1. The highest BCUT2D eigenvalue weighted by Crippen LogP contribution is 2.48. The molecule has 1 heterocycles. The molecule has 4 aromatic rings. The maximum Gasteiger partial charge on any atom is 0.233 e. The van der Waals surface area contributed by atoms with Gasteiger partial charge in [0.15, 0.2) is 11.5 Å². The number of aliphatic hydroxyl groups is 1. The number of carbonyl (C=O) groups excluding carboxylic acids is 1. The molecule has 0 spiro atoms. The molecule has 1 amide bonds. The summed E-state index contributed by atoms with van der Waals surface area (Å²) in [6.07, 6.45) is -0.0781. The van der Waals surface area contributed by atoms with Gasteiger partial charge in [0.2, 0.25) is 11.7 Å². The Morgan fingerprint density at radius 3 is 1.98 bits per heavy atom. The molecule has 0 aromatic heterocycles. The normalized spacial score (nSPS) is 17.1. The number of benzene rings is 4. The van der Waals surface area contributed by atoms with E-state index in [9.17, 15) is 18.7 Å². The van der Waals surface area contributed by atoms with E-state index in [0.717, 1.165) is 16.7 Å². The molecule has 1 fully saturated rings. The molecule has 6 nitrogen and oxygen atoms in total. The first-order valence-electron chi connectivity index (χ1n) is 13.3. The summed E-state index contributed by atoms with van der Waals surface area (Å²) in [7, 11) is 4.69. The average molecular weight is 560 g/mol. The number of β-lactam (4-membered cyclic amide) rings is 1. The van der Waals surface area contributed by atoms with Crippen LogP contribution >= 0.6 is 0 Å². The molecule has 0 saturated carbocycles. The fourth-order valence-corrected chi connectivity index (χ4v) is 5.48. The lowest BCUT2D eigenvalue weighted by Crippen LogP contribution is -2.55. The number of anilines is 1. The Morgan fingerprint density at radius 1 is 0.780 bits per heavy atom. The van der Waals surface area contributed by atoms with Crippen LogP contribution in [0.2, 0.25) is 0 Å². The van der Waals surface area contributed by atoms with Crippen LogP contribution in [-0.4, -0.2) is 32.3 Å². The maximum absolute atomic E-state index is 13.6. The Bertz CT molecular complexity index is 1510. The van der Waals surface area contributed by atoms with E-state index in [4.69, 9.17) is 14.2 Å². The topological polar surface area (TPSA) is 68.2 Å². The van der Waals surface area contributed by atoms with Crippen molar-refractivity contribution in [1.29, 1.82) is 0 Å². The van der Waals surface area contributed by atoms with Gasteiger partial charge in [0.1, 0.15) is 11.6 Å². The Balaban J connectivity index is 1.44. The third-order valence-corrected chi connectivity index (χ3v) is 7.59. The SMILES string of the molecule is COc1ccc(-c2ccc([C@@H]3[C@@H](CC[C@H](O)c4ccc(F)cc4)C(=O)N3c3ccc(F)cc3)cc2)c(OC)c1OC. The molecule has 3 atom stereocenters. The first-order valence-corrected chi connectivity index (χ1v) is 13.3. The van der Waals surface area contributed by atoms with Gasteiger partial charge in [-0.15, -0.1) is 0 Å². The van der Waals surface area contributed by atoms with Gasteiger partial charge in [-0.3, -0.25) is 4.79 Å². The van der Waals surface area contributed by atoms with Crippen LogP contribution in [0.25, 0.3) is 11.1 Å². The molecule has 212 valence electrons. The highest BCUT2D eigenvalue weighted by molar-refractivity contribution is 6.03. The minimum absolute atomic E-state index is 0.0986. The van der Waals surface area contributed by atoms with E-state index in [0.29, 0.717) is 41.3 Å². The van der Waals surface area contributed by atoms with Gasteiger partial charge in [-0.05, 0) is 78.1 Å². The van der Waals surface area contributed by atoms with E-state index in [-0.39, 0.29) is 23.6 Å².